The molecule has 0 spiro atoms. The maximum atomic E-state index is 11.3. The van der Waals surface area contributed by atoms with Gasteiger partial charge in [0.1, 0.15) is 5.75 Å². The SMILES string of the molecule is CCOC(=O)C=Cc1ccc(Oc2ccc(O)cn2)c(OC)c1. The molecule has 23 heavy (non-hydrogen) atoms. The van der Waals surface area contributed by atoms with E-state index in [0.717, 1.165) is 5.56 Å². The summed E-state index contributed by atoms with van der Waals surface area (Å²) in [6, 6.07) is 8.23. The van der Waals surface area contributed by atoms with Crippen molar-refractivity contribution >= 4 is 12.0 Å². The van der Waals surface area contributed by atoms with Crippen LogP contribution in [0.25, 0.3) is 6.08 Å². The Labute approximate surface area is 134 Å². The van der Waals surface area contributed by atoms with Crippen molar-refractivity contribution in [2.24, 2.45) is 0 Å². The lowest BCUT2D eigenvalue weighted by Gasteiger charge is -2.10. The molecule has 0 aliphatic heterocycles. The summed E-state index contributed by atoms with van der Waals surface area (Å²) in [6.45, 7) is 2.08. The molecule has 6 nitrogen and oxygen atoms in total. The van der Waals surface area contributed by atoms with E-state index in [9.17, 15) is 9.90 Å². The molecule has 0 atom stereocenters. The standard InChI is InChI=1S/C17H17NO5/c1-3-22-17(20)9-5-12-4-7-14(15(10-12)21-2)23-16-8-6-13(19)11-18-16/h4-11,19H,3H2,1-2H3. The van der Waals surface area contributed by atoms with E-state index in [2.05, 4.69) is 4.98 Å². The number of esters is 1. The minimum atomic E-state index is -0.403. The third-order valence-electron chi connectivity index (χ3n) is 2.82. The van der Waals surface area contributed by atoms with Crippen LogP contribution >= 0.6 is 0 Å². The number of rotatable bonds is 6. The van der Waals surface area contributed by atoms with Gasteiger partial charge in [-0.25, -0.2) is 9.78 Å². The number of benzene rings is 1. The summed E-state index contributed by atoms with van der Waals surface area (Å²) in [7, 11) is 1.52. The normalized spacial score (nSPS) is 10.5. The molecule has 120 valence electrons. The van der Waals surface area contributed by atoms with Gasteiger partial charge < -0.3 is 19.3 Å². The average molecular weight is 315 g/mol. The summed E-state index contributed by atoms with van der Waals surface area (Å²) in [5, 5.41) is 9.21. The van der Waals surface area contributed by atoms with Gasteiger partial charge in [-0.3, -0.25) is 0 Å². The van der Waals surface area contributed by atoms with Crippen molar-refractivity contribution in [3.05, 3.63) is 48.2 Å². The Hall–Kier alpha value is -3.02. The largest absolute Gasteiger partial charge is 0.506 e. The molecule has 0 aliphatic carbocycles. The lowest BCUT2D eigenvalue weighted by Crippen LogP contribution is -1.98. The van der Waals surface area contributed by atoms with Gasteiger partial charge in [-0.15, -0.1) is 0 Å². The molecular weight excluding hydrogens is 298 g/mol. The molecule has 2 aromatic rings. The molecule has 1 heterocycles. The fraction of sp³-hybridized carbons (Fsp3) is 0.176. The van der Waals surface area contributed by atoms with E-state index < -0.39 is 5.97 Å². The van der Waals surface area contributed by atoms with Crippen LogP contribution in [0.3, 0.4) is 0 Å². The Morgan fingerprint density at radius 1 is 1.26 bits per heavy atom. The molecule has 0 fully saturated rings. The van der Waals surface area contributed by atoms with Gasteiger partial charge in [-0.1, -0.05) is 6.07 Å². The van der Waals surface area contributed by atoms with Crippen molar-refractivity contribution in [2.75, 3.05) is 13.7 Å². The maximum absolute atomic E-state index is 11.3. The van der Waals surface area contributed by atoms with Gasteiger partial charge in [-0.2, -0.15) is 0 Å². The zero-order valence-electron chi connectivity index (χ0n) is 12.9. The smallest absolute Gasteiger partial charge is 0.330 e. The highest BCUT2D eigenvalue weighted by atomic mass is 16.5. The monoisotopic (exact) mass is 315 g/mol. The average Bonchev–Trinajstić information content (AvgIpc) is 2.56. The maximum Gasteiger partial charge on any atom is 0.330 e. The van der Waals surface area contributed by atoms with Crippen molar-refractivity contribution in [2.45, 2.75) is 6.92 Å². The van der Waals surface area contributed by atoms with E-state index in [4.69, 9.17) is 14.2 Å². The first-order valence-corrected chi connectivity index (χ1v) is 6.98. The van der Waals surface area contributed by atoms with Crippen LogP contribution in [0.4, 0.5) is 0 Å². The minimum Gasteiger partial charge on any atom is -0.506 e. The third kappa shape index (κ3) is 4.74. The Bertz CT molecular complexity index is 695. The van der Waals surface area contributed by atoms with Crippen molar-refractivity contribution < 1.29 is 24.1 Å². The number of carbonyl (C=O) groups is 1. The van der Waals surface area contributed by atoms with Crippen LogP contribution in [0, 0.1) is 0 Å². The number of aromatic nitrogens is 1. The van der Waals surface area contributed by atoms with Crippen molar-refractivity contribution in [1.82, 2.24) is 4.98 Å². The Morgan fingerprint density at radius 3 is 2.74 bits per heavy atom. The second kappa shape index (κ2) is 7.84. The first-order valence-electron chi connectivity index (χ1n) is 6.98. The van der Waals surface area contributed by atoms with Crippen molar-refractivity contribution in [3.63, 3.8) is 0 Å². The number of nitrogens with zero attached hydrogens (tertiary/aromatic N) is 1. The van der Waals surface area contributed by atoms with Gasteiger partial charge in [-0.05, 0) is 36.8 Å². The van der Waals surface area contributed by atoms with E-state index in [1.54, 1.807) is 37.3 Å². The first-order chi connectivity index (χ1) is 11.1. The molecule has 0 bridgehead atoms. The number of hydrogen-bond donors (Lipinski definition) is 1. The fourth-order valence-corrected chi connectivity index (χ4v) is 1.77. The molecule has 6 heteroatoms. The second-order valence-electron chi connectivity index (χ2n) is 4.45. The highest BCUT2D eigenvalue weighted by Gasteiger charge is 2.07. The lowest BCUT2D eigenvalue weighted by molar-refractivity contribution is -0.137. The molecule has 1 N–H and O–H groups in total. The molecule has 0 saturated heterocycles. The number of hydrogen-bond acceptors (Lipinski definition) is 6. The summed E-state index contributed by atoms with van der Waals surface area (Å²) in [6.07, 6.45) is 4.27. The van der Waals surface area contributed by atoms with E-state index >= 15 is 0 Å². The molecule has 0 unspecified atom stereocenters. The second-order valence-corrected chi connectivity index (χ2v) is 4.45. The van der Waals surface area contributed by atoms with Crippen molar-refractivity contribution in [3.8, 4) is 23.1 Å². The van der Waals surface area contributed by atoms with Crippen molar-refractivity contribution in [1.29, 1.82) is 0 Å². The quantitative estimate of drug-likeness (QED) is 0.651. The predicted molar refractivity (Wildman–Crippen MR) is 84.6 cm³/mol. The lowest BCUT2D eigenvalue weighted by atomic mass is 10.2. The number of carbonyl (C=O) groups excluding carboxylic acids is 1. The molecule has 1 aromatic carbocycles. The summed E-state index contributed by atoms with van der Waals surface area (Å²) in [4.78, 5) is 15.3. The van der Waals surface area contributed by atoms with E-state index in [1.807, 2.05) is 0 Å². The highest BCUT2D eigenvalue weighted by Crippen LogP contribution is 2.32. The number of methoxy groups -OCH3 is 1. The summed E-state index contributed by atoms with van der Waals surface area (Å²) in [5.41, 5.74) is 0.765. The topological polar surface area (TPSA) is 77.9 Å². The van der Waals surface area contributed by atoms with Crippen LogP contribution in [0.2, 0.25) is 0 Å². The van der Waals surface area contributed by atoms with Gasteiger partial charge in [0.15, 0.2) is 11.5 Å². The molecule has 1 aromatic heterocycles. The first kappa shape index (κ1) is 16.4. The Balaban J connectivity index is 2.16. The molecule has 0 radical (unpaired) electrons. The van der Waals surface area contributed by atoms with Gasteiger partial charge in [0.2, 0.25) is 5.88 Å². The van der Waals surface area contributed by atoms with Gasteiger partial charge in [0.25, 0.3) is 0 Å². The predicted octanol–water partition coefficient (Wildman–Crippen LogP) is 3.16. The van der Waals surface area contributed by atoms with E-state index in [-0.39, 0.29) is 5.75 Å². The van der Waals surface area contributed by atoms with Gasteiger partial charge in [0, 0.05) is 12.1 Å². The minimum absolute atomic E-state index is 0.0590. The van der Waals surface area contributed by atoms with Crippen LogP contribution < -0.4 is 9.47 Å². The zero-order valence-corrected chi connectivity index (χ0v) is 12.9. The third-order valence-corrected chi connectivity index (χ3v) is 2.82. The Kier molecular flexibility index (Phi) is 5.57. The molecular formula is C17H17NO5. The number of pyridine rings is 1. The van der Waals surface area contributed by atoms with Gasteiger partial charge in [0.05, 0.1) is 19.9 Å². The summed E-state index contributed by atoms with van der Waals surface area (Å²) in [5.74, 6) is 0.949. The molecule has 2 rings (SSSR count). The van der Waals surface area contributed by atoms with Crippen LogP contribution in [-0.4, -0.2) is 29.8 Å². The van der Waals surface area contributed by atoms with Crippen LogP contribution in [0.1, 0.15) is 12.5 Å². The summed E-state index contributed by atoms with van der Waals surface area (Å²) >= 11 is 0. The zero-order chi connectivity index (χ0) is 16.7. The Morgan fingerprint density at radius 2 is 2.09 bits per heavy atom. The van der Waals surface area contributed by atoms with E-state index in [0.29, 0.717) is 24.0 Å². The highest BCUT2D eigenvalue weighted by molar-refractivity contribution is 5.87. The van der Waals surface area contributed by atoms with Gasteiger partial charge >= 0.3 is 5.97 Å². The van der Waals surface area contributed by atoms with Crippen LogP contribution in [0.15, 0.2) is 42.6 Å². The van der Waals surface area contributed by atoms with E-state index in [1.165, 1.54) is 25.4 Å². The summed E-state index contributed by atoms with van der Waals surface area (Å²) < 4.78 is 15.7. The molecule has 0 amide bonds. The van der Waals surface area contributed by atoms with Crippen LogP contribution in [-0.2, 0) is 9.53 Å². The molecule has 0 aliphatic rings. The number of aromatic hydroxyl groups is 1. The number of ether oxygens (including phenoxy) is 3. The van der Waals surface area contributed by atoms with Crippen LogP contribution in [0.5, 0.6) is 23.1 Å². The molecule has 0 saturated carbocycles. The fourth-order valence-electron chi connectivity index (χ4n) is 1.77.